The molecule has 1 aliphatic heterocycles. The number of cyclic esters (lactones) is 1. The first-order chi connectivity index (χ1) is 12.9. The molecule has 138 valence electrons. The Morgan fingerprint density at radius 3 is 2.56 bits per heavy atom. The lowest BCUT2D eigenvalue weighted by molar-refractivity contribution is -0.384. The summed E-state index contributed by atoms with van der Waals surface area (Å²) in [6.45, 7) is 0. The highest BCUT2D eigenvalue weighted by Gasteiger charge is 2.26. The number of ether oxygens (including phenoxy) is 3. The van der Waals surface area contributed by atoms with E-state index >= 15 is 0 Å². The highest BCUT2D eigenvalue weighted by molar-refractivity contribution is 6.32. The van der Waals surface area contributed by atoms with Crippen LogP contribution in [0.5, 0.6) is 11.5 Å². The van der Waals surface area contributed by atoms with Crippen LogP contribution >= 0.6 is 11.6 Å². The van der Waals surface area contributed by atoms with Crippen molar-refractivity contribution in [1.29, 1.82) is 0 Å². The molecule has 0 aliphatic carbocycles. The Bertz CT molecular complexity index is 999. The molecule has 0 unspecified atom stereocenters. The van der Waals surface area contributed by atoms with Crippen molar-refractivity contribution in [2.24, 2.45) is 4.99 Å². The fourth-order valence-corrected chi connectivity index (χ4v) is 2.61. The summed E-state index contributed by atoms with van der Waals surface area (Å²) < 4.78 is 15.5. The molecule has 9 heteroatoms. The van der Waals surface area contributed by atoms with Gasteiger partial charge in [-0.3, -0.25) is 10.1 Å². The second-order valence-electron chi connectivity index (χ2n) is 5.37. The van der Waals surface area contributed by atoms with Crippen LogP contribution in [0.25, 0.3) is 6.08 Å². The van der Waals surface area contributed by atoms with Crippen LogP contribution in [0.1, 0.15) is 11.1 Å². The number of nitro groups is 1. The number of benzene rings is 2. The molecule has 8 nitrogen and oxygen atoms in total. The van der Waals surface area contributed by atoms with Gasteiger partial charge in [0.05, 0.1) is 19.1 Å². The number of carbonyl (C=O) groups excluding carboxylic acids is 1. The minimum atomic E-state index is -0.669. The predicted octanol–water partition coefficient (Wildman–Crippen LogP) is 3.61. The van der Waals surface area contributed by atoms with Gasteiger partial charge in [-0.15, -0.1) is 0 Å². The summed E-state index contributed by atoms with van der Waals surface area (Å²) in [7, 11) is 3.02. The zero-order valence-corrected chi connectivity index (χ0v) is 15.0. The van der Waals surface area contributed by atoms with Crippen molar-refractivity contribution in [2.75, 3.05) is 14.2 Å². The number of hydrogen-bond acceptors (Lipinski definition) is 7. The van der Waals surface area contributed by atoms with Gasteiger partial charge >= 0.3 is 5.97 Å². The van der Waals surface area contributed by atoms with Gasteiger partial charge in [0.2, 0.25) is 5.90 Å². The van der Waals surface area contributed by atoms with Crippen LogP contribution in [0.15, 0.2) is 47.1 Å². The summed E-state index contributed by atoms with van der Waals surface area (Å²) in [5, 5.41) is 11.0. The van der Waals surface area contributed by atoms with E-state index < -0.39 is 10.9 Å². The van der Waals surface area contributed by atoms with Crippen molar-refractivity contribution in [3.8, 4) is 11.5 Å². The first kappa shape index (κ1) is 18.4. The van der Waals surface area contributed by atoms with Crippen molar-refractivity contribution in [1.82, 2.24) is 0 Å². The Morgan fingerprint density at radius 2 is 1.89 bits per heavy atom. The molecule has 3 rings (SSSR count). The highest BCUT2D eigenvalue weighted by atomic mass is 35.5. The SMILES string of the molecule is COc1ccc(/C=C2\N=C(c3ccc(Cl)c([N+](=O)[O-])c3)OC2=O)cc1OC. The number of methoxy groups -OCH3 is 2. The average Bonchev–Trinajstić information content (AvgIpc) is 3.02. The number of rotatable bonds is 5. The standard InChI is InChI=1S/C18H13ClN2O6/c1-25-15-6-3-10(8-16(15)26-2)7-13-18(22)27-17(20-13)11-4-5-12(19)14(9-11)21(23)24/h3-9H,1-2H3/b13-7-. The van der Waals surface area contributed by atoms with Crippen molar-refractivity contribution < 1.29 is 23.9 Å². The Hall–Kier alpha value is -3.39. The molecule has 0 amide bonds. The molecule has 0 radical (unpaired) electrons. The first-order valence-electron chi connectivity index (χ1n) is 7.62. The van der Waals surface area contributed by atoms with Gasteiger partial charge in [0.1, 0.15) is 5.02 Å². The van der Waals surface area contributed by atoms with E-state index in [4.69, 9.17) is 25.8 Å². The lowest BCUT2D eigenvalue weighted by atomic mass is 10.1. The first-order valence-corrected chi connectivity index (χ1v) is 7.99. The number of esters is 1. The quantitative estimate of drug-likeness (QED) is 0.335. The normalized spacial score (nSPS) is 14.7. The topological polar surface area (TPSA) is 100 Å². The van der Waals surface area contributed by atoms with E-state index in [-0.39, 0.29) is 27.9 Å². The molecule has 0 saturated carbocycles. The summed E-state index contributed by atoms with van der Waals surface area (Å²) in [5.74, 6) is 0.339. The molecular formula is C18H13ClN2O6. The van der Waals surface area contributed by atoms with Gasteiger partial charge in [0, 0.05) is 11.6 Å². The van der Waals surface area contributed by atoms with Gasteiger partial charge in [-0.25, -0.2) is 9.79 Å². The molecular weight excluding hydrogens is 376 g/mol. The number of nitro benzene ring substituents is 1. The third kappa shape index (κ3) is 3.75. The monoisotopic (exact) mass is 388 g/mol. The highest BCUT2D eigenvalue weighted by Crippen LogP contribution is 2.30. The second-order valence-corrected chi connectivity index (χ2v) is 5.78. The van der Waals surface area contributed by atoms with Crippen LogP contribution < -0.4 is 9.47 Å². The minimum absolute atomic E-state index is 0.0187. The fourth-order valence-electron chi connectivity index (χ4n) is 2.42. The molecule has 0 atom stereocenters. The molecule has 2 aromatic rings. The van der Waals surface area contributed by atoms with E-state index in [9.17, 15) is 14.9 Å². The third-order valence-electron chi connectivity index (χ3n) is 3.72. The molecule has 0 aromatic heterocycles. The Kier molecular flexibility index (Phi) is 5.09. The Morgan fingerprint density at radius 1 is 1.15 bits per heavy atom. The molecule has 0 spiro atoms. The number of aliphatic imine (C=N–C) groups is 1. The smallest absolute Gasteiger partial charge is 0.363 e. The molecule has 1 heterocycles. The predicted molar refractivity (Wildman–Crippen MR) is 98.3 cm³/mol. The molecule has 0 fully saturated rings. The van der Waals surface area contributed by atoms with Crippen LogP contribution in [-0.4, -0.2) is 31.0 Å². The van der Waals surface area contributed by atoms with Gasteiger partial charge in [0.25, 0.3) is 5.69 Å². The van der Waals surface area contributed by atoms with Crippen molar-refractivity contribution in [3.63, 3.8) is 0 Å². The summed E-state index contributed by atoms with van der Waals surface area (Å²) in [6.07, 6.45) is 1.52. The van der Waals surface area contributed by atoms with Gasteiger partial charge in [-0.1, -0.05) is 17.7 Å². The largest absolute Gasteiger partial charge is 0.493 e. The molecule has 0 N–H and O–H groups in total. The zero-order chi connectivity index (χ0) is 19.6. The molecule has 0 saturated heterocycles. The summed E-state index contributed by atoms with van der Waals surface area (Å²) in [6, 6.07) is 9.14. The van der Waals surface area contributed by atoms with Crippen LogP contribution in [-0.2, 0) is 9.53 Å². The van der Waals surface area contributed by atoms with E-state index in [0.717, 1.165) is 0 Å². The number of hydrogen-bond donors (Lipinski definition) is 0. The van der Waals surface area contributed by atoms with Crippen molar-refractivity contribution in [2.45, 2.75) is 0 Å². The number of halogens is 1. The molecule has 27 heavy (non-hydrogen) atoms. The lowest BCUT2D eigenvalue weighted by Crippen LogP contribution is -2.06. The molecule has 0 bridgehead atoms. The zero-order valence-electron chi connectivity index (χ0n) is 14.3. The van der Waals surface area contributed by atoms with Crippen LogP contribution in [0.4, 0.5) is 5.69 Å². The maximum Gasteiger partial charge on any atom is 0.363 e. The molecule has 1 aliphatic rings. The van der Waals surface area contributed by atoms with Crippen molar-refractivity contribution in [3.05, 3.63) is 68.4 Å². The maximum atomic E-state index is 12.1. The number of nitrogens with zero attached hydrogens (tertiary/aromatic N) is 2. The summed E-state index contributed by atoms with van der Waals surface area (Å²) >= 11 is 5.79. The van der Waals surface area contributed by atoms with Gasteiger partial charge < -0.3 is 14.2 Å². The van der Waals surface area contributed by atoms with Gasteiger partial charge in [-0.2, -0.15) is 0 Å². The van der Waals surface area contributed by atoms with Crippen LogP contribution in [0, 0.1) is 10.1 Å². The molecule has 2 aromatic carbocycles. The fraction of sp³-hybridized carbons (Fsp3) is 0.111. The third-order valence-corrected chi connectivity index (χ3v) is 4.04. The number of carbonyl (C=O) groups is 1. The Balaban J connectivity index is 1.96. The van der Waals surface area contributed by atoms with Crippen LogP contribution in [0.3, 0.4) is 0 Å². The van der Waals surface area contributed by atoms with E-state index in [1.807, 2.05) is 0 Å². The Labute approximate surface area is 158 Å². The van der Waals surface area contributed by atoms with Gasteiger partial charge in [0.15, 0.2) is 17.2 Å². The summed E-state index contributed by atoms with van der Waals surface area (Å²) in [5.41, 5.74) is 0.668. The van der Waals surface area contributed by atoms with E-state index in [2.05, 4.69) is 4.99 Å². The van der Waals surface area contributed by atoms with E-state index in [0.29, 0.717) is 17.1 Å². The lowest BCUT2D eigenvalue weighted by Gasteiger charge is -2.07. The van der Waals surface area contributed by atoms with Gasteiger partial charge in [-0.05, 0) is 35.9 Å². The minimum Gasteiger partial charge on any atom is -0.493 e. The van der Waals surface area contributed by atoms with E-state index in [1.165, 1.54) is 38.5 Å². The van der Waals surface area contributed by atoms with Crippen molar-refractivity contribution >= 4 is 35.2 Å². The second kappa shape index (κ2) is 7.46. The summed E-state index contributed by atoms with van der Waals surface area (Å²) in [4.78, 5) is 26.6. The average molecular weight is 389 g/mol. The van der Waals surface area contributed by atoms with Crippen LogP contribution in [0.2, 0.25) is 5.02 Å². The maximum absolute atomic E-state index is 12.1. The van der Waals surface area contributed by atoms with E-state index in [1.54, 1.807) is 18.2 Å².